The molecule has 106 valence electrons. The molecule has 0 saturated heterocycles. The van der Waals surface area contributed by atoms with Gasteiger partial charge in [-0.2, -0.15) is 0 Å². The van der Waals surface area contributed by atoms with E-state index in [1.54, 1.807) is 12.1 Å². The van der Waals surface area contributed by atoms with Gasteiger partial charge in [0.25, 0.3) is 0 Å². The van der Waals surface area contributed by atoms with Crippen LogP contribution in [0, 0.1) is 11.7 Å². The molecule has 2 rings (SSSR count). The topological polar surface area (TPSA) is 32.3 Å². The molecule has 2 nitrogen and oxygen atoms in total. The van der Waals surface area contributed by atoms with E-state index < -0.39 is 0 Å². The molecule has 0 heterocycles. The van der Waals surface area contributed by atoms with E-state index in [-0.39, 0.29) is 18.0 Å². The van der Waals surface area contributed by atoms with E-state index >= 15 is 0 Å². The van der Waals surface area contributed by atoms with Crippen molar-refractivity contribution in [3.8, 4) is 0 Å². The van der Waals surface area contributed by atoms with E-state index in [0.29, 0.717) is 22.6 Å². The molecule has 0 radical (unpaired) electrons. The first-order chi connectivity index (χ1) is 9.07. The third-order valence-corrected chi connectivity index (χ3v) is 4.84. The van der Waals surface area contributed by atoms with Gasteiger partial charge < -0.3 is 10.4 Å². The van der Waals surface area contributed by atoms with Gasteiger partial charge in [-0.05, 0) is 30.9 Å². The van der Waals surface area contributed by atoms with Crippen molar-refractivity contribution in [2.24, 2.45) is 5.92 Å². The van der Waals surface area contributed by atoms with Crippen molar-refractivity contribution in [3.05, 3.63) is 30.1 Å². The molecule has 2 N–H and O–H groups in total. The van der Waals surface area contributed by atoms with Crippen molar-refractivity contribution >= 4 is 11.8 Å². The average molecular weight is 283 g/mol. The second-order valence-corrected chi connectivity index (χ2v) is 6.62. The van der Waals surface area contributed by atoms with Gasteiger partial charge in [-0.1, -0.05) is 26.0 Å². The summed E-state index contributed by atoms with van der Waals surface area (Å²) < 4.78 is 13.6. The van der Waals surface area contributed by atoms with Gasteiger partial charge in [-0.25, -0.2) is 4.39 Å². The maximum Gasteiger partial charge on any atom is 0.136 e. The lowest BCUT2D eigenvalue weighted by Crippen LogP contribution is -2.55. The Hall–Kier alpha value is -0.580. The van der Waals surface area contributed by atoms with Gasteiger partial charge in [0.2, 0.25) is 0 Å². The van der Waals surface area contributed by atoms with Gasteiger partial charge in [0.15, 0.2) is 0 Å². The number of hydrogen-bond acceptors (Lipinski definition) is 3. The summed E-state index contributed by atoms with van der Waals surface area (Å²) >= 11 is 1.49. The second kappa shape index (κ2) is 6.25. The Bertz CT molecular complexity index is 422. The minimum absolute atomic E-state index is 0.108. The summed E-state index contributed by atoms with van der Waals surface area (Å²) in [6, 6.07) is 7.14. The zero-order chi connectivity index (χ0) is 13.9. The maximum atomic E-state index is 13.6. The van der Waals surface area contributed by atoms with Crippen LogP contribution in [0.2, 0.25) is 0 Å². The van der Waals surface area contributed by atoms with Gasteiger partial charge in [0.1, 0.15) is 5.82 Å². The molecule has 0 aromatic heterocycles. The number of aliphatic hydroxyl groups is 1. The Morgan fingerprint density at radius 3 is 2.63 bits per heavy atom. The van der Waals surface area contributed by atoms with Crippen LogP contribution in [0.25, 0.3) is 0 Å². The molecule has 1 atom stereocenters. The summed E-state index contributed by atoms with van der Waals surface area (Å²) in [6.45, 7) is 4.28. The highest BCUT2D eigenvalue weighted by molar-refractivity contribution is 7.99. The third-order valence-electron chi connectivity index (χ3n) is 3.54. The van der Waals surface area contributed by atoms with Gasteiger partial charge in [0, 0.05) is 16.7 Å². The summed E-state index contributed by atoms with van der Waals surface area (Å²) in [7, 11) is 0. The largest absolute Gasteiger partial charge is 0.394 e. The molecule has 4 heteroatoms. The van der Waals surface area contributed by atoms with Crippen LogP contribution < -0.4 is 5.32 Å². The zero-order valence-electron chi connectivity index (χ0n) is 11.5. The number of nitrogens with one attached hydrogen (secondary N) is 1. The normalized spacial score (nSPS) is 18.6. The summed E-state index contributed by atoms with van der Waals surface area (Å²) in [6.07, 6.45) is 2.30. The smallest absolute Gasteiger partial charge is 0.136 e. The van der Waals surface area contributed by atoms with Crippen LogP contribution >= 0.6 is 11.8 Å². The van der Waals surface area contributed by atoms with Gasteiger partial charge in [0.05, 0.1) is 12.1 Å². The molecule has 0 spiro atoms. The predicted octanol–water partition coefficient (Wildman–Crippen LogP) is 3.06. The Balaban J connectivity index is 2.06. The SMILES string of the molecule is CC(C)NC(CO)(CSc1ccccc1F)C1CC1. The number of halogens is 1. The molecule has 1 aliphatic rings. The van der Waals surface area contributed by atoms with Gasteiger partial charge in [-0.15, -0.1) is 11.8 Å². The highest BCUT2D eigenvalue weighted by Crippen LogP contribution is 2.42. The standard InChI is InChI=1S/C15H22FNOS/c1-11(2)17-15(9-18,12-7-8-12)10-19-14-6-4-3-5-13(14)16/h3-6,11-12,17-18H,7-10H2,1-2H3. The second-order valence-electron chi connectivity index (χ2n) is 5.61. The van der Waals surface area contributed by atoms with Crippen LogP contribution in [0.4, 0.5) is 4.39 Å². The Morgan fingerprint density at radius 2 is 2.11 bits per heavy atom. The first-order valence-corrected chi connectivity index (χ1v) is 7.82. The van der Waals surface area contributed by atoms with E-state index in [9.17, 15) is 9.50 Å². The minimum Gasteiger partial charge on any atom is -0.394 e. The quantitative estimate of drug-likeness (QED) is 0.754. The molecular weight excluding hydrogens is 261 g/mol. The lowest BCUT2D eigenvalue weighted by molar-refractivity contribution is 0.150. The lowest BCUT2D eigenvalue weighted by Gasteiger charge is -2.35. The summed E-state index contributed by atoms with van der Waals surface area (Å²) in [5, 5.41) is 13.3. The van der Waals surface area contributed by atoms with E-state index in [2.05, 4.69) is 19.2 Å². The molecule has 0 aliphatic heterocycles. The highest BCUT2D eigenvalue weighted by atomic mass is 32.2. The van der Waals surface area contributed by atoms with Crippen LogP contribution in [-0.4, -0.2) is 29.0 Å². The van der Waals surface area contributed by atoms with E-state index in [1.807, 2.05) is 6.07 Å². The zero-order valence-corrected chi connectivity index (χ0v) is 12.3. The monoisotopic (exact) mass is 283 g/mol. The highest BCUT2D eigenvalue weighted by Gasteiger charge is 2.45. The Morgan fingerprint density at radius 1 is 1.42 bits per heavy atom. The molecule has 1 aromatic rings. The number of benzene rings is 1. The molecule has 1 aliphatic carbocycles. The number of aliphatic hydroxyl groups excluding tert-OH is 1. The van der Waals surface area contributed by atoms with E-state index in [0.717, 1.165) is 12.8 Å². The fraction of sp³-hybridized carbons (Fsp3) is 0.600. The predicted molar refractivity (Wildman–Crippen MR) is 77.9 cm³/mol. The first-order valence-electron chi connectivity index (χ1n) is 6.83. The average Bonchev–Trinajstić information content (AvgIpc) is 3.20. The first kappa shape index (κ1) is 14.8. The van der Waals surface area contributed by atoms with Crippen molar-refractivity contribution in [3.63, 3.8) is 0 Å². The van der Waals surface area contributed by atoms with Crippen molar-refractivity contribution in [2.45, 2.75) is 43.2 Å². The van der Waals surface area contributed by atoms with Crippen LogP contribution in [0.1, 0.15) is 26.7 Å². The molecule has 0 bridgehead atoms. The Kier molecular flexibility index (Phi) is 4.87. The number of rotatable bonds is 7. The van der Waals surface area contributed by atoms with Crippen LogP contribution in [0.5, 0.6) is 0 Å². The summed E-state index contributed by atoms with van der Waals surface area (Å²) in [5.41, 5.74) is -0.277. The van der Waals surface area contributed by atoms with Crippen molar-refractivity contribution < 1.29 is 9.50 Å². The molecule has 1 fully saturated rings. The number of thioether (sulfide) groups is 1. The van der Waals surface area contributed by atoms with E-state index in [1.165, 1.54) is 17.8 Å². The third kappa shape index (κ3) is 3.71. The van der Waals surface area contributed by atoms with Crippen LogP contribution in [-0.2, 0) is 0 Å². The Labute approximate surface area is 118 Å². The fourth-order valence-corrected chi connectivity index (χ4v) is 3.68. The lowest BCUT2D eigenvalue weighted by atomic mass is 9.95. The van der Waals surface area contributed by atoms with Crippen molar-refractivity contribution in [2.75, 3.05) is 12.4 Å². The number of hydrogen-bond donors (Lipinski definition) is 2. The van der Waals surface area contributed by atoms with Gasteiger partial charge in [-0.3, -0.25) is 0 Å². The summed E-state index contributed by atoms with van der Waals surface area (Å²) in [5.74, 6) is 1.03. The van der Waals surface area contributed by atoms with Gasteiger partial charge >= 0.3 is 0 Å². The molecule has 19 heavy (non-hydrogen) atoms. The van der Waals surface area contributed by atoms with Crippen molar-refractivity contribution in [1.29, 1.82) is 0 Å². The molecule has 0 amide bonds. The van der Waals surface area contributed by atoms with Crippen molar-refractivity contribution in [1.82, 2.24) is 5.32 Å². The molecule has 1 saturated carbocycles. The molecule has 1 aromatic carbocycles. The maximum absolute atomic E-state index is 13.6. The minimum atomic E-state index is -0.277. The van der Waals surface area contributed by atoms with Crippen LogP contribution in [0.3, 0.4) is 0 Å². The summed E-state index contributed by atoms with van der Waals surface area (Å²) in [4.78, 5) is 0.659. The van der Waals surface area contributed by atoms with E-state index in [4.69, 9.17) is 0 Å². The van der Waals surface area contributed by atoms with Crippen LogP contribution in [0.15, 0.2) is 29.2 Å². The molecular formula is C15H22FNOS. The fourth-order valence-electron chi connectivity index (χ4n) is 2.48. The molecule has 1 unspecified atom stereocenters.